The predicted octanol–water partition coefficient (Wildman–Crippen LogP) is 5.14. The molecule has 0 aliphatic rings. The summed E-state index contributed by atoms with van der Waals surface area (Å²) in [6.07, 6.45) is 4.09. The minimum Gasteiger partial charge on any atom is -0.496 e. The van der Waals surface area contributed by atoms with E-state index in [0.717, 1.165) is 52.9 Å². The van der Waals surface area contributed by atoms with Crippen LogP contribution in [0.4, 0.5) is 5.82 Å². The SMILES string of the molecule is CCCCNc1ncc(-c2ccccc2OC)c2c(OC)c(OC)ccc12. The molecule has 0 radical (unpaired) electrons. The Morgan fingerprint density at radius 1 is 0.889 bits per heavy atom. The van der Waals surface area contributed by atoms with Gasteiger partial charge in [0.15, 0.2) is 11.5 Å². The Labute approximate surface area is 160 Å². The number of para-hydroxylation sites is 1. The van der Waals surface area contributed by atoms with E-state index < -0.39 is 0 Å². The summed E-state index contributed by atoms with van der Waals surface area (Å²) in [5, 5.41) is 5.39. The lowest BCUT2D eigenvalue weighted by Crippen LogP contribution is -2.05. The summed E-state index contributed by atoms with van der Waals surface area (Å²) in [6.45, 7) is 3.05. The second-order valence-electron chi connectivity index (χ2n) is 6.22. The highest BCUT2D eigenvalue weighted by molar-refractivity contribution is 6.07. The first-order valence-electron chi connectivity index (χ1n) is 9.16. The van der Waals surface area contributed by atoms with Crippen LogP contribution in [0.5, 0.6) is 17.2 Å². The van der Waals surface area contributed by atoms with Crippen LogP contribution in [0.15, 0.2) is 42.6 Å². The highest BCUT2D eigenvalue weighted by Crippen LogP contribution is 2.44. The van der Waals surface area contributed by atoms with Gasteiger partial charge in [0, 0.05) is 34.6 Å². The molecule has 0 saturated heterocycles. The Bertz CT molecular complexity index is 925. The van der Waals surface area contributed by atoms with Gasteiger partial charge in [0.05, 0.1) is 21.3 Å². The van der Waals surface area contributed by atoms with Crippen LogP contribution >= 0.6 is 0 Å². The molecule has 0 amide bonds. The van der Waals surface area contributed by atoms with Crippen LogP contribution in [-0.2, 0) is 0 Å². The summed E-state index contributed by atoms with van der Waals surface area (Å²) in [5.41, 5.74) is 1.91. The van der Waals surface area contributed by atoms with Crippen molar-refractivity contribution in [3.63, 3.8) is 0 Å². The summed E-state index contributed by atoms with van der Waals surface area (Å²) in [4.78, 5) is 4.70. The Morgan fingerprint density at radius 3 is 2.37 bits per heavy atom. The molecule has 2 aromatic carbocycles. The first-order chi connectivity index (χ1) is 13.2. The van der Waals surface area contributed by atoms with Crippen LogP contribution < -0.4 is 19.5 Å². The summed E-state index contributed by atoms with van der Waals surface area (Å²) in [7, 11) is 4.98. The van der Waals surface area contributed by atoms with E-state index in [4.69, 9.17) is 19.2 Å². The van der Waals surface area contributed by atoms with Crippen molar-refractivity contribution in [3.05, 3.63) is 42.6 Å². The number of methoxy groups -OCH3 is 3. The maximum absolute atomic E-state index is 5.74. The van der Waals surface area contributed by atoms with Crippen molar-refractivity contribution < 1.29 is 14.2 Å². The number of pyridine rings is 1. The third kappa shape index (κ3) is 3.63. The minimum atomic E-state index is 0.687. The van der Waals surface area contributed by atoms with Crippen LogP contribution in [0.1, 0.15) is 19.8 Å². The molecule has 142 valence electrons. The normalized spacial score (nSPS) is 10.7. The summed E-state index contributed by atoms with van der Waals surface area (Å²) >= 11 is 0. The molecule has 0 fully saturated rings. The molecule has 5 nitrogen and oxygen atoms in total. The number of ether oxygens (including phenoxy) is 3. The molecule has 0 atom stereocenters. The number of fused-ring (bicyclic) bond motifs is 1. The molecule has 3 rings (SSSR count). The van der Waals surface area contributed by atoms with E-state index in [9.17, 15) is 0 Å². The quantitative estimate of drug-likeness (QED) is 0.560. The van der Waals surface area contributed by atoms with Gasteiger partial charge in [-0.1, -0.05) is 31.5 Å². The molecule has 5 heteroatoms. The lowest BCUT2D eigenvalue weighted by atomic mass is 9.98. The molecule has 1 N–H and O–H groups in total. The van der Waals surface area contributed by atoms with Gasteiger partial charge < -0.3 is 19.5 Å². The average molecular weight is 366 g/mol. The van der Waals surface area contributed by atoms with Crippen LogP contribution in [-0.4, -0.2) is 32.9 Å². The molecule has 3 aromatic rings. The third-order valence-corrected chi connectivity index (χ3v) is 4.61. The highest BCUT2D eigenvalue weighted by Gasteiger charge is 2.19. The number of anilines is 1. The lowest BCUT2D eigenvalue weighted by Gasteiger charge is -2.18. The average Bonchev–Trinajstić information content (AvgIpc) is 2.72. The van der Waals surface area contributed by atoms with Gasteiger partial charge in [0.2, 0.25) is 0 Å². The number of unbranched alkanes of at least 4 members (excludes halogenated alkanes) is 1. The Balaban J connectivity index is 2.29. The van der Waals surface area contributed by atoms with Crippen molar-refractivity contribution in [1.29, 1.82) is 0 Å². The predicted molar refractivity (Wildman–Crippen MR) is 110 cm³/mol. The standard InChI is InChI=1S/C22H26N2O3/c1-5-6-13-23-22-16-11-12-19(26-3)21(27-4)20(16)17(14-24-22)15-9-7-8-10-18(15)25-2/h7-12,14H,5-6,13H2,1-4H3,(H,23,24). The van der Waals surface area contributed by atoms with Gasteiger partial charge in [-0.15, -0.1) is 0 Å². The van der Waals surface area contributed by atoms with E-state index in [1.54, 1.807) is 21.3 Å². The van der Waals surface area contributed by atoms with Crippen molar-refractivity contribution in [2.45, 2.75) is 19.8 Å². The fraction of sp³-hybridized carbons (Fsp3) is 0.318. The lowest BCUT2D eigenvalue weighted by molar-refractivity contribution is 0.358. The Kier molecular flexibility index (Phi) is 6.01. The van der Waals surface area contributed by atoms with Gasteiger partial charge in [-0.05, 0) is 24.6 Å². The number of rotatable bonds is 8. The molecule has 0 bridgehead atoms. The zero-order valence-electron chi connectivity index (χ0n) is 16.3. The van der Waals surface area contributed by atoms with E-state index in [-0.39, 0.29) is 0 Å². The molecular formula is C22H26N2O3. The molecule has 0 spiro atoms. The van der Waals surface area contributed by atoms with Crippen molar-refractivity contribution in [2.75, 3.05) is 33.2 Å². The number of nitrogens with zero attached hydrogens (tertiary/aromatic N) is 1. The van der Waals surface area contributed by atoms with Crippen LogP contribution in [0.25, 0.3) is 21.9 Å². The molecule has 0 aliphatic carbocycles. The molecule has 0 aliphatic heterocycles. The van der Waals surface area contributed by atoms with E-state index in [2.05, 4.69) is 12.2 Å². The molecule has 0 saturated carbocycles. The topological polar surface area (TPSA) is 52.6 Å². The third-order valence-electron chi connectivity index (χ3n) is 4.61. The smallest absolute Gasteiger partial charge is 0.169 e. The van der Waals surface area contributed by atoms with Gasteiger partial charge in [-0.3, -0.25) is 0 Å². The largest absolute Gasteiger partial charge is 0.496 e. The Morgan fingerprint density at radius 2 is 1.67 bits per heavy atom. The summed E-state index contributed by atoms with van der Waals surface area (Å²) in [6, 6.07) is 11.9. The van der Waals surface area contributed by atoms with Crippen molar-refractivity contribution in [1.82, 2.24) is 4.98 Å². The number of benzene rings is 2. The van der Waals surface area contributed by atoms with Crippen LogP contribution in [0, 0.1) is 0 Å². The molecular weight excluding hydrogens is 340 g/mol. The number of hydrogen-bond donors (Lipinski definition) is 1. The number of aromatic nitrogens is 1. The molecule has 27 heavy (non-hydrogen) atoms. The van der Waals surface area contributed by atoms with Crippen LogP contribution in [0.2, 0.25) is 0 Å². The first-order valence-corrected chi connectivity index (χ1v) is 9.16. The zero-order chi connectivity index (χ0) is 19.2. The molecule has 1 heterocycles. The summed E-state index contributed by atoms with van der Waals surface area (Å²) in [5.74, 6) is 3.01. The maximum Gasteiger partial charge on any atom is 0.169 e. The van der Waals surface area contributed by atoms with Crippen LogP contribution in [0.3, 0.4) is 0 Å². The van der Waals surface area contributed by atoms with E-state index in [0.29, 0.717) is 11.5 Å². The van der Waals surface area contributed by atoms with Gasteiger partial charge in [0.25, 0.3) is 0 Å². The maximum atomic E-state index is 5.74. The number of hydrogen-bond acceptors (Lipinski definition) is 5. The van der Waals surface area contributed by atoms with Crippen molar-refractivity contribution in [2.24, 2.45) is 0 Å². The summed E-state index contributed by atoms with van der Waals surface area (Å²) < 4.78 is 16.9. The number of nitrogens with one attached hydrogen (secondary N) is 1. The fourth-order valence-corrected chi connectivity index (χ4v) is 3.25. The highest BCUT2D eigenvalue weighted by atomic mass is 16.5. The van der Waals surface area contributed by atoms with E-state index >= 15 is 0 Å². The second-order valence-corrected chi connectivity index (χ2v) is 6.22. The monoisotopic (exact) mass is 366 g/mol. The van der Waals surface area contributed by atoms with Gasteiger partial charge in [-0.2, -0.15) is 0 Å². The van der Waals surface area contributed by atoms with Gasteiger partial charge in [0.1, 0.15) is 11.6 Å². The molecule has 0 unspecified atom stereocenters. The van der Waals surface area contributed by atoms with Gasteiger partial charge in [-0.25, -0.2) is 4.98 Å². The molecule has 1 aromatic heterocycles. The minimum absolute atomic E-state index is 0.687. The zero-order valence-corrected chi connectivity index (χ0v) is 16.3. The van der Waals surface area contributed by atoms with E-state index in [1.165, 1.54) is 0 Å². The Hall–Kier alpha value is -2.95. The second kappa shape index (κ2) is 8.62. The van der Waals surface area contributed by atoms with Crippen molar-refractivity contribution in [3.8, 4) is 28.4 Å². The first kappa shape index (κ1) is 18.8. The van der Waals surface area contributed by atoms with E-state index in [1.807, 2.05) is 42.6 Å². The fourth-order valence-electron chi connectivity index (χ4n) is 3.25. The van der Waals surface area contributed by atoms with Crippen molar-refractivity contribution >= 4 is 16.6 Å². The van der Waals surface area contributed by atoms with Gasteiger partial charge >= 0.3 is 0 Å².